The third kappa shape index (κ3) is 3.61. The number of hydrogen-bond donors (Lipinski definition) is 3. The van der Waals surface area contributed by atoms with Crippen LogP contribution in [-0.2, 0) is 6.18 Å². The Morgan fingerprint density at radius 2 is 1.67 bits per heavy atom. The van der Waals surface area contributed by atoms with E-state index < -0.39 is 17.2 Å². The van der Waals surface area contributed by atoms with Crippen LogP contribution in [0.1, 0.15) is 12.5 Å². The molecule has 18 heavy (non-hydrogen) atoms. The summed E-state index contributed by atoms with van der Waals surface area (Å²) in [6.45, 7) is 0.999. The second-order valence-corrected chi connectivity index (χ2v) is 4.52. The Bertz CT molecular complexity index is 389. The minimum absolute atomic E-state index is 0.0487. The van der Waals surface area contributed by atoms with Gasteiger partial charge in [0.2, 0.25) is 0 Å². The number of benzene rings is 1. The summed E-state index contributed by atoms with van der Waals surface area (Å²) in [6.07, 6.45) is -4.43. The molecular weight excluding hydrogens is 247 g/mol. The van der Waals surface area contributed by atoms with E-state index in [2.05, 4.69) is 5.32 Å². The zero-order chi connectivity index (χ0) is 13.8. The molecule has 1 rings (SSSR count). The fourth-order valence-electron chi connectivity index (χ4n) is 1.35. The lowest BCUT2D eigenvalue weighted by Crippen LogP contribution is -2.34. The van der Waals surface area contributed by atoms with Crippen LogP contribution in [0.3, 0.4) is 0 Å². The number of nitrogens with one attached hydrogen (secondary N) is 1. The zero-order valence-electron chi connectivity index (χ0n) is 9.96. The van der Waals surface area contributed by atoms with Gasteiger partial charge in [-0.15, -0.1) is 0 Å². The van der Waals surface area contributed by atoms with Gasteiger partial charge >= 0.3 is 6.18 Å². The van der Waals surface area contributed by atoms with Crippen molar-refractivity contribution in [2.24, 2.45) is 5.41 Å². The highest BCUT2D eigenvalue weighted by atomic mass is 19.4. The predicted octanol–water partition coefficient (Wildman–Crippen LogP) is 2.11. The van der Waals surface area contributed by atoms with Crippen LogP contribution in [-0.4, -0.2) is 30.0 Å². The van der Waals surface area contributed by atoms with E-state index in [4.69, 9.17) is 10.2 Å². The molecule has 0 amide bonds. The summed E-state index contributed by atoms with van der Waals surface area (Å²) in [6, 6.07) is 5.10. The van der Waals surface area contributed by atoms with Gasteiger partial charge in [0.05, 0.1) is 18.8 Å². The SMILES string of the molecule is CC(CO)(CO)CNc1ccccc1C(F)(F)F. The molecule has 0 aliphatic rings. The molecule has 0 radical (unpaired) electrons. The Balaban J connectivity index is 2.86. The van der Waals surface area contributed by atoms with Crippen molar-refractivity contribution in [2.75, 3.05) is 25.1 Å². The largest absolute Gasteiger partial charge is 0.418 e. The van der Waals surface area contributed by atoms with Crippen LogP contribution in [0.25, 0.3) is 0 Å². The van der Waals surface area contributed by atoms with Crippen LogP contribution in [0.5, 0.6) is 0 Å². The summed E-state index contributed by atoms with van der Waals surface area (Å²) in [4.78, 5) is 0. The zero-order valence-corrected chi connectivity index (χ0v) is 9.96. The Labute approximate surface area is 103 Å². The van der Waals surface area contributed by atoms with E-state index in [1.807, 2.05) is 0 Å². The van der Waals surface area contributed by atoms with Crippen LogP contribution in [0.4, 0.5) is 18.9 Å². The standard InChI is InChI=1S/C12H16F3NO2/c1-11(7-17,8-18)6-16-10-5-3-2-4-9(10)12(13,14)15/h2-5,16-18H,6-8H2,1H3. The van der Waals surface area contributed by atoms with Crippen LogP contribution in [0, 0.1) is 5.41 Å². The van der Waals surface area contributed by atoms with Gasteiger partial charge in [0.1, 0.15) is 0 Å². The molecule has 0 aliphatic carbocycles. The van der Waals surface area contributed by atoms with E-state index in [-0.39, 0.29) is 25.4 Å². The maximum absolute atomic E-state index is 12.7. The smallest absolute Gasteiger partial charge is 0.396 e. The molecule has 0 saturated heterocycles. The summed E-state index contributed by atoms with van der Waals surface area (Å²) < 4.78 is 38.1. The van der Waals surface area contributed by atoms with Crippen LogP contribution >= 0.6 is 0 Å². The first kappa shape index (κ1) is 14.8. The van der Waals surface area contributed by atoms with Gasteiger partial charge in [0, 0.05) is 17.6 Å². The lowest BCUT2D eigenvalue weighted by molar-refractivity contribution is -0.137. The second kappa shape index (κ2) is 5.58. The highest BCUT2D eigenvalue weighted by Crippen LogP contribution is 2.34. The molecule has 0 bridgehead atoms. The summed E-state index contributed by atoms with van der Waals surface area (Å²) in [5.41, 5.74) is -1.68. The van der Waals surface area contributed by atoms with Gasteiger partial charge < -0.3 is 15.5 Å². The van der Waals surface area contributed by atoms with Crippen molar-refractivity contribution in [3.63, 3.8) is 0 Å². The third-order valence-electron chi connectivity index (χ3n) is 2.70. The monoisotopic (exact) mass is 263 g/mol. The molecule has 1 aromatic rings. The molecule has 0 fully saturated rings. The van der Waals surface area contributed by atoms with Gasteiger partial charge in [-0.25, -0.2) is 0 Å². The number of alkyl halides is 3. The van der Waals surface area contributed by atoms with Crippen molar-refractivity contribution in [3.8, 4) is 0 Å². The van der Waals surface area contributed by atoms with E-state index in [0.717, 1.165) is 6.07 Å². The number of halogens is 3. The molecule has 6 heteroatoms. The lowest BCUT2D eigenvalue weighted by Gasteiger charge is -2.26. The lowest BCUT2D eigenvalue weighted by atomic mass is 9.93. The molecule has 0 atom stereocenters. The summed E-state index contributed by atoms with van der Waals surface area (Å²) in [5, 5.41) is 20.8. The average Bonchev–Trinajstić information content (AvgIpc) is 2.35. The van der Waals surface area contributed by atoms with Crippen molar-refractivity contribution in [3.05, 3.63) is 29.8 Å². The summed E-state index contributed by atoms with van der Waals surface area (Å²) in [7, 11) is 0. The molecule has 3 nitrogen and oxygen atoms in total. The Morgan fingerprint density at radius 3 is 2.17 bits per heavy atom. The van der Waals surface area contributed by atoms with E-state index in [1.54, 1.807) is 6.92 Å². The topological polar surface area (TPSA) is 52.5 Å². The number of aliphatic hydroxyl groups is 2. The minimum atomic E-state index is -4.43. The van der Waals surface area contributed by atoms with E-state index in [9.17, 15) is 13.2 Å². The molecule has 0 heterocycles. The number of aliphatic hydroxyl groups excluding tert-OH is 2. The van der Waals surface area contributed by atoms with Gasteiger partial charge in [0.15, 0.2) is 0 Å². The molecule has 1 aromatic carbocycles. The van der Waals surface area contributed by atoms with Gasteiger partial charge in [-0.05, 0) is 12.1 Å². The number of hydrogen-bond acceptors (Lipinski definition) is 3. The van der Waals surface area contributed by atoms with Gasteiger partial charge in [-0.1, -0.05) is 19.1 Å². The minimum Gasteiger partial charge on any atom is -0.396 e. The molecular formula is C12H16F3NO2. The van der Waals surface area contributed by atoms with Crippen molar-refractivity contribution in [1.29, 1.82) is 0 Å². The first-order valence-corrected chi connectivity index (χ1v) is 5.44. The van der Waals surface area contributed by atoms with Gasteiger partial charge in [0.25, 0.3) is 0 Å². The normalized spacial score (nSPS) is 12.6. The van der Waals surface area contributed by atoms with Gasteiger partial charge in [-0.2, -0.15) is 13.2 Å². The van der Waals surface area contributed by atoms with Crippen molar-refractivity contribution >= 4 is 5.69 Å². The third-order valence-corrected chi connectivity index (χ3v) is 2.70. The Hall–Kier alpha value is -1.27. The fraction of sp³-hybridized carbons (Fsp3) is 0.500. The molecule has 0 saturated carbocycles. The number of anilines is 1. The van der Waals surface area contributed by atoms with Crippen molar-refractivity contribution in [2.45, 2.75) is 13.1 Å². The Kier molecular flexibility index (Phi) is 4.59. The molecule has 0 aromatic heterocycles. The molecule has 102 valence electrons. The highest BCUT2D eigenvalue weighted by Gasteiger charge is 2.33. The van der Waals surface area contributed by atoms with Crippen LogP contribution in [0.2, 0.25) is 0 Å². The second-order valence-electron chi connectivity index (χ2n) is 4.52. The first-order valence-electron chi connectivity index (χ1n) is 5.44. The Morgan fingerprint density at radius 1 is 1.11 bits per heavy atom. The van der Waals surface area contributed by atoms with E-state index in [0.29, 0.717) is 0 Å². The summed E-state index contributed by atoms with van der Waals surface area (Å²) >= 11 is 0. The molecule has 0 unspecified atom stereocenters. The van der Waals surface area contributed by atoms with Crippen molar-refractivity contribution < 1.29 is 23.4 Å². The summed E-state index contributed by atoms with van der Waals surface area (Å²) in [5.74, 6) is 0. The first-order chi connectivity index (χ1) is 8.32. The van der Waals surface area contributed by atoms with E-state index in [1.165, 1.54) is 18.2 Å². The molecule has 0 aliphatic heterocycles. The fourth-order valence-corrected chi connectivity index (χ4v) is 1.35. The maximum atomic E-state index is 12.7. The molecule has 0 spiro atoms. The average molecular weight is 263 g/mol. The number of rotatable bonds is 5. The predicted molar refractivity (Wildman–Crippen MR) is 62.2 cm³/mol. The van der Waals surface area contributed by atoms with Crippen LogP contribution in [0.15, 0.2) is 24.3 Å². The maximum Gasteiger partial charge on any atom is 0.418 e. The van der Waals surface area contributed by atoms with Gasteiger partial charge in [-0.3, -0.25) is 0 Å². The van der Waals surface area contributed by atoms with Crippen molar-refractivity contribution in [1.82, 2.24) is 0 Å². The van der Waals surface area contributed by atoms with Crippen LogP contribution < -0.4 is 5.32 Å². The quantitative estimate of drug-likeness (QED) is 0.762. The number of para-hydroxylation sites is 1. The molecule has 3 N–H and O–H groups in total. The highest BCUT2D eigenvalue weighted by molar-refractivity contribution is 5.52. The van der Waals surface area contributed by atoms with E-state index >= 15 is 0 Å².